The second kappa shape index (κ2) is 9.89. The summed E-state index contributed by atoms with van der Waals surface area (Å²) in [4.78, 5) is 12.5. The van der Waals surface area contributed by atoms with Gasteiger partial charge in [-0.25, -0.2) is 18.0 Å². The standard InChI is InChI=1S/C27H18F4O4/c1-33-17-7-3-15(4-8-17)19-11-12-21(25(30)23(19)28)27(32)35-18-9-5-16(6-10-18)20-13-14-22(34-2)26(31)24(20)29/h3-14H,1-2H3. The Morgan fingerprint density at radius 2 is 1.09 bits per heavy atom. The average molecular weight is 482 g/mol. The zero-order valence-corrected chi connectivity index (χ0v) is 18.6. The molecular weight excluding hydrogens is 464 g/mol. The molecule has 178 valence electrons. The first kappa shape index (κ1) is 23.8. The highest BCUT2D eigenvalue weighted by Crippen LogP contribution is 2.32. The lowest BCUT2D eigenvalue weighted by Crippen LogP contribution is -2.12. The van der Waals surface area contributed by atoms with E-state index in [1.54, 1.807) is 24.3 Å². The van der Waals surface area contributed by atoms with Gasteiger partial charge in [-0.1, -0.05) is 30.3 Å². The monoisotopic (exact) mass is 482 g/mol. The van der Waals surface area contributed by atoms with Crippen molar-refractivity contribution in [1.29, 1.82) is 0 Å². The van der Waals surface area contributed by atoms with Crippen molar-refractivity contribution in [2.24, 2.45) is 0 Å². The number of rotatable bonds is 6. The van der Waals surface area contributed by atoms with Crippen LogP contribution in [0.25, 0.3) is 22.3 Å². The van der Waals surface area contributed by atoms with Crippen molar-refractivity contribution in [2.45, 2.75) is 0 Å². The fourth-order valence-corrected chi connectivity index (χ4v) is 3.48. The third-order valence-electron chi connectivity index (χ3n) is 5.35. The summed E-state index contributed by atoms with van der Waals surface area (Å²) in [5, 5.41) is 0. The van der Waals surface area contributed by atoms with Crippen molar-refractivity contribution < 1.29 is 36.6 Å². The van der Waals surface area contributed by atoms with Gasteiger partial charge < -0.3 is 14.2 Å². The van der Waals surface area contributed by atoms with E-state index in [1.807, 2.05) is 0 Å². The summed E-state index contributed by atoms with van der Waals surface area (Å²) in [5.74, 6) is -5.55. The van der Waals surface area contributed by atoms with Crippen molar-refractivity contribution in [3.8, 4) is 39.5 Å². The molecule has 0 radical (unpaired) electrons. The van der Waals surface area contributed by atoms with Gasteiger partial charge in [-0.15, -0.1) is 0 Å². The minimum Gasteiger partial charge on any atom is -0.497 e. The van der Waals surface area contributed by atoms with Crippen molar-refractivity contribution in [1.82, 2.24) is 0 Å². The largest absolute Gasteiger partial charge is 0.497 e. The van der Waals surface area contributed by atoms with Gasteiger partial charge in [0, 0.05) is 11.1 Å². The summed E-state index contributed by atoms with van der Waals surface area (Å²) in [6.45, 7) is 0. The summed E-state index contributed by atoms with van der Waals surface area (Å²) in [6, 6.07) is 16.8. The molecule has 0 aliphatic carbocycles. The summed E-state index contributed by atoms with van der Waals surface area (Å²) in [7, 11) is 2.71. The van der Waals surface area contributed by atoms with E-state index in [9.17, 15) is 22.4 Å². The smallest absolute Gasteiger partial charge is 0.346 e. The molecule has 0 fully saturated rings. The number of benzene rings is 4. The molecule has 0 atom stereocenters. The average Bonchev–Trinajstić information content (AvgIpc) is 2.88. The maximum atomic E-state index is 14.7. The predicted molar refractivity (Wildman–Crippen MR) is 122 cm³/mol. The molecule has 4 rings (SSSR count). The lowest BCUT2D eigenvalue weighted by molar-refractivity contribution is 0.0728. The first-order valence-corrected chi connectivity index (χ1v) is 10.3. The van der Waals surface area contributed by atoms with Crippen LogP contribution in [-0.4, -0.2) is 20.2 Å². The van der Waals surface area contributed by atoms with Gasteiger partial charge in [0.25, 0.3) is 0 Å². The minimum absolute atomic E-state index is 0.00665. The zero-order valence-electron chi connectivity index (χ0n) is 18.6. The van der Waals surface area contributed by atoms with E-state index < -0.39 is 34.8 Å². The summed E-state index contributed by atoms with van der Waals surface area (Å²) >= 11 is 0. The lowest BCUT2D eigenvalue weighted by atomic mass is 10.0. The van der Waals surface area contributed by atoms with Crippen LogP contribution in [0, 0.1) is 23.3 Å². The number of ether oxygens (including phenoxy) is 3. The number of carbonyl (C=O) groups is 1. The molecule has 0 heterocycles. The minimum atomic E-state index is -1.35. The summed E-state index contributed by atoms with van der Waals surface area (Å²) < 4.78 is 72.6. The topological polar surface area (TPSA) is 44.8 Å². The van der Waals surface area contributed by atoms with Gasteiger partial charge in [0.1, 0.15) is 11.5 Å². The number of esters is 1. The second-order valence-electron chi connectivity index (χ2n) is 7.37. The predicted octanol–water partition coefficient (Wildman–Crippen LogP) is 6.81. The highest BCUT2D eigenvalue weighted by molar-refractivity contribution is 5.92. The molecular formula is C27H18F4O4. The molecule has 4 aromatic rings. The lowest BCUT2D eigenvalue weighted by Gasteiger charge is -2.11. The van der Waals surface area contributed by atoms with Gasteiger partial charge in [-0.2, -0.15) is 4.39 Å². The summed E-state index contributed by atoms with van der Waals surface area (Å²) in [5.41, 5.74) is 0.0696. The number of halogens is 4. The third-order valence-corrected chi connectivity index (χ3v) is 5.35. The van der Waals surface area contributed by atoms with E-state index in [0.29, 0.717) is 16.9 Å². The van der Waals surface area contributed by atoms with Gasteiger partial charge in [-0.3, -0.25) is 0 Å². The highest BCUT2D eigenvalue weighted by Gasteiger charge is 2.21. The number of carbonyl (C=O) groups excluding carboxylic acids is 1. The van der Waals surface area contributed by atoms with Crippen LogP contribution in [0.5, 0.6) is 17.2 Å². The molecule has 0 aromatic heterocycles. The van der Waals surface area contributed by atoms with E-state index in [-0.39, 0.29) is 22.6 Å². The first-order chi connectivity index (χ1) is 16.8. The van der Waals surface area contributed by atoms with E-state index in [0.717, 1.165) is 6.07 Å². The second-order valence-corrected chi connectivity index (χ2v) is 7.37. The normalized spacial score (nSPS) is 10.7. The van der Waals surface area contributed by atoms with Crippen molar-refractivity contribution >= 4 is 5.97 Å². The molecule has 0 saturated carbocycles. The van der Waals surface area contributed by atoms with Crippen molar-refractivity contribution in [3.63, 3.8) is 0 Å². The Morgan fingerprint density at radius 3 is 1.63 bits per heavy atom. The van der Waals surface area contributed by atoms with Crippen molar-refractivity contribution in [3.05, 3.63) is 102 Å². The molecule has 0 N–H and O–H groups in total. The fraction of sp³-hybridized carbons (Fsp3) is 0.0741. The van der Waals surface area contributed by atoms with Gasteiger partial charge in [0.15, 0.2) is 23.2 Å². The highest BCUT2D eigenvalue weighted by atomic mass is 19.2. The van der Waals surface area contributed by atoms with Crippen molar-refractivity contribution in [2.75, 3.05) is 14.2 Å². The first-order valence-electron chi connectivity index (χ1n) is 10.3. The molecule has 4 aromatic carbocycles. The van der Waals surface area contributed by atoms with Crippen LogP contribution in [0.1, 0.15) is 10.4 Å². The van der Waals surface area contributed by atoms with Crippen LogP contribution in [0.4, 0.5) is 17.6 Å². The Hall–Kier alpha value is -4.33. The SMILES string of the molecule is COc1ccc(-c2ccc(C(=O)Oc3ccc(-c4ccc(OC)c(F)c4F)cc3)c(F)c2F)cc1. The van der Waals surface area contributed by atoms with E-state index >= 15 is 0 Å². The molecule has 0 aliphatic rings. The molecule has 8 heteroatoms. The molecule has 0 bridgehead atoms. The Labute approximate surface area is 198 Å². The van der Waals surface area contributed by atoms with Crippen LogP contribution in [0.15, 0.2) is 72.8 Å². The Bertz CT molecular complexity index is 1380. The molecule has 0 unspecified atom stereocenters. The van der Waals surface area contributed by atoms with Gasteiger partial charge in [-0.05, 0) is 53.6 Å². The number of hydrogen-bond donors (Lipinski definition) is 0. The van der Waals surface area contributed by atoms with E-state index in [4.69, 9.17) is 14.2 Å². The van der Waals surface area contributed by atoms with Crippen LogP contribution < -0.4 is 14.2 Å². The Morgan fingerprint density at radius 1 is 0.571 bits per heavy atom. The van der Waals surface area contributed by atoms with Crippen LogP contribution in [-0.2, 0) is 0 Å². The quantitative estimate of drug-likeness (QED) is 0.172. The van der Waals surface area contributed by atoms with Gasteiger partial charge in [0.2, 0.25) is 5.82 Å². The molecule has 4 nitrogen and oxygen atoms in total. The van der Waals surface area contributed by atoms with E-state index in [2.05, 4.69) is 0 Å². The molecule has 0 aliphatic heterocycles. The van der Waals surface area contributed by atoms with Crippen LogP contribution in [0.3, 0.4) is 0 Å². The number of methoxy groups -OCH3 is 2. The maximum absolute atomic E-state index is 14.7. The molecule has 35 heavy (non-hydrogen) atoms. The van der Waals surface area contributed by atoms with E-state index in [1.165, 1.54) is 56.7 Å². The fourth-order valence-electron chi connectivity index (χ4n) is 3.48. The zero-order chi connectivity index (χ0) is 25.1. The summed E-state index contributed by atoms with van der Waals surface area (Å²) in [6.07, 6.45) is 0. The van der Waals surface area contributed by atoms with Crippen LogP contribution >= 0.6 is 0 Å². The molecule has 0 amide bonds. The Balaban J connectivity index is 1.54. The number of hydrogen-bond acceptors (Lipinski definition) is 4. The third kappa shape index (κ3) is 4.68. The Kier molecular flexibility index (Phi) is 6.73. The van der Waals surface area contributed by atoms with Gasteiger partial charge in [0.05, 0.1) is 19.8 Å². The molecule has 0 saturated heterocycles. The van der Waals surface area contributed by atoms with Gasteiger partial charge >= 0.3 is 5.97 Å². The maximum Gasteiger partial charge on any atom is 0.346 e. The molecule has 0 spiro atoms. The van der Waals surface area contributed by atoms with Crippen LogP contribution in [0.2, 0.25) is 0 Å².